The maximum absolute atomic E-state index is 11.6. The van der Waals surface area contributed by atoms with Gasteiger partial charge in [-0.15, -0.1) is 0 Å². The Morgan fingerprint density at radius 3 is 2.65 bits per heavy atom. The van der Waals surface area contributed by atoms with E-state index >= 15 is 0 Å². The van der Waals surface area contributed by atoms with Gasteiger partial charge in [-0.3, -0.25) is 9.11 Å². The molecule has 1 saturated heterocycles. The minimum absolute atomic E-state index is 0.106. The molecule has 3 unspecified atom stereocenters. The monoisotopic (exact) mass is 294 g/mol. The maximum Gasteiger partial charge on any atom is 0.0476 e. The third-order valence-corrected chi connectivity index (χ3v) is 4.93. The quantitative estimate of drug-likeness (QED) is 0.924. The third-order valence-electron chi connectivity index (χ3n) is 3.98. The van der Waals surface area contributed by atoms with Gasteiger partial charge in [0.15, 0.2) is 0 Å². The number of hydrogen-bond donors (Lipinski definition) is 1. The molecule has 1 N–H and O–H groups in total. The highest BCUT2D eigenvalue weighted by molar-refractivity contribution is 7.84. The van der Waals surface area contributed by atoms with Gasteiger partial charge in [-0.25, -0.2) is 0 Å². The van der Waals surface area contributed by atoms with Crippen molar-refractivity contribution in [3.05, 3.63) is 35.9 Å². The molecule has 0 amide bonds. The van der Waals surface area contributed by atoms with Gasteiger partial charge in [0.05, 0.1) is 0 Å². The summed E-state index contributed by atoms with van der Waals surface area (Å²) >= 11 is 0. The second-order valence-electron chi connectivity index (χ2n) is 6.45. The minimum atomic E-state index is -0.756. The van der Waals surface area contributed by atoms with Crippen molar-refractivity contribution in [1.82, 2.24) is 10.2 Å². The van der Waals surface area contributed by atoms with Crippen molar-refractivity contribution in [3.8, 4) is 0 Å². The van der Waals surface area contributed by atoms with Crippen LogP contribution in [0.1, 0.15) is 32.4 Å². The van der Waals surface area contributed by atoms with Crippen LogP contribution in [0.15, 0.2) is 30.3 Å². The first-order valence-corrected chi connectivity index (χ1v) is 8.97. The molecule has 4 heteroatoms. The number of nitrogens with one attached hydrogen (secondary N) is 1. The van der Waals surface area contributed by atoms with Gasteiger partial charge in [-0.05, 0) is 26.3 Å². The van der Waals surface area contributed by atoms with Crippen LogP contribution < -0.4 is 5.32 Å². The molecule has 0 bridgehead atoms. The van der Waals surface area contributed by atoms with E-state index in [1.807, 2.05) is 0 Å². The fourth-order valence-electron chi connectivity index (χ4n) is 3.00. The summed E-state index contributed by atoms with van der Waals surface area (Å²) in [5.74, 6) is 0.736. The first-order chi connectivity index (χ1) is 9.39. The molecule has 1 aromatic carbocycles. The molecule has 112 valence electrons. The van der Waals surface area contributed by atoms with E-state index in [0.717, 1.165) is 18.8 Å². The lowest BCUT2D eigenvalue weighted by Crippen LogP contribution is -2.60. The van der Waals surface area contributed by atoms with E-state index in [2.05, 4.69) is 61.3 Å². The normalized spacial score (nSPS) is 26.1. The van der Waals surface area contributed by atoms with Crippen LogP contribution in [0.25, 0.3) is 0 Å². The van der Waals surface area contributed by atoms with Gasteiger partial charge in [0.2, 0.25) is 0 Å². The van der Waals surface area contributed by atoms with E-state index in [1.165, 1.54) is 5.56 Å². The van der Waals surface area contributed by atoms with Gasteiger partial charge in [-0.2, -0.15) is 0 Å². The van der Waals surface area contributed by atoms with Crippen LogP contribution in [0.2, 0.25) is 0 Å². The Morgan fingerprint density at radius 1 is 1.40 bits per heavy atom. The van der Waals surface area contributed by atoms with Crippen molar-refractivity contribution in [1.29, 1.82) is 0 Å². The van der Waals surface area contributed by atoms with Crippen molar-refractivity contribution in [2.24, 2.45) is 0 Å². The van der Waals surface area contributed by atoms with Crippen molar-refractivity contribution in [3.63, 3.8) is 0 Å². The summed E-state index contributed by atoms with van der Waals surface area (Å²) in [4.78, 5) is 2.51. The van der Waals surface area contributed by atoms with E-state index < -0.39 is 10.8 Å². The number of piperazine rings is 1. The first kappa shape index (κ1) is 15.7. The van der Waals surface area contributed by atoms with Gasteiger partial charge >= 0.3 is 0 Å². The molecule has 1 heterocycles. The molecule has 0 saturated carbocycles. The van der Waals surface area contributed by atoms with Gasteiger partial charge < -0.3 is 5.32 Å². The zero-order chi connectivity index (χ0) is 14.8. The standard InChI is InChI=1S/C16H26N2OS/c1-13(11-20(4)19)18-12-16(2,3)17-10-15(18)14-8-6-5-7-9-14/h5-9,13,15,17H,10-12H2,1-4H3. The van der Waals surface area contributed by atoms with E-state index in [4.69, 9.17) is 0 Å². The van der Waals surface area contributed by atoms with Crippen LogP contribution in [0.3, 0.4) is 0 Å². The Balaban J connectivity index is 2.22. The van der Waals surface area contributed by atoms with Crippen LogP contribution in [0.5, 0.6) is 0 Å². The Bertz CT molecular complexity index is 461. The smallest absolute Gasteiger partial charge is 0.0476 e. The van der Waals surface area contributed by atoms with Crippen LogP contribution in [0.4, 0.5) is 0 Å². The molecule has 0 aromatic heterocycles. The summed E-state index contributed by atoms with van der Waals surface area (Å²) in [5, 5.41) is 3.63. The molecule has 1 aliphatic rings. The summed E-state index contributed by atoms with van der Waals surface area (Å²) < 4.78 is 11.6. The predicted octanol–water partition coefficient (Wildman–Crippen LogP) is 2.18. The minimum Gasteiger partial charge on any atom is -0.309 e. The highest BCUT2D eigenvalue weighted by Crippen LogP contribution is 2.29. The van der Waals surface area contributed by atoms with Crippen LogP contribution in [0, 0.1) is 0 Å². The molecule has 0 radical (unpaired) electrons. The van der Waals surface area contributed by atoms with Crippen LogP contribution >= 0.6 is 0 Å². The molecule has 3 atom stereocenters. The molecule has 20 heavy (non-hydrogen) atoms. The van der Waals surface area contributed by atoms with Gasteiger partial charge in [0.25, 0.3) is 0 Å². The largest absolute Gasteiger partial charge is 0.309 e. The van der Waals surface area contributed by atoms with Crippen molar-refractivity contribution in [2.75, 3.05) is 25.1 Å². The Morgan fingerprint density at radius 2 is 2.05 bits per heavy atom. The lowest BCUT2D eigenvalue weighted by molar-refractivity contribution is 0.0680. The molecule has 2 rings (SSSR count). The second kappa shape index (κ2) is 6.37. The van der Waals surface area contributed by atoms with Gasteiger partial charge in [0.1, 0.15) is 0 Å². The Hall–Kier alpha value is -0.710. The summed E-state index contributed by atoms with van der Waals surface area (Å²) in [6.45, 7) is 8.58. The predicted molar refractivity (Wildman–Crippen MR) is 86.4 cm³/mol. The summed E-state index contributed by atoms with van der Waals surface area (Å²) in [6.07, 6.45) is 1.79. The average Bonchev–Trinajstić information content (AvgIpc) is 2.38. The van der Waals surface area contributed by atoms with Crippen molar-refractivity contribution >= 4 is 10.8 Å². The second-order valence-corrected chi connectivity index (χ2v) is 7.93. The summed E-state index contributed by atoms with van der Waals surface area (Å²) in [7, 11) is -0.756. The molecular formula is C16H26N2OS. The fourth-order valence-corrected chi connectivity index (χ4v) is 3.87. The lowest BCUT2D eigenvalue weighted by Gasteiger charge is -2.47. The molecule has 1 fully saturated rings. The average molecular weight is 294 g/mol. The van der Waals surface area contributed by atoms with Crippen LogP contribution in [-0.2, 0) is 10.8 Å². The molecular weight excluding hydrogens is 268 g/mol. The molecule has 1 aliphatic heterocycles. The molecule has 3 nitrogen and oxygen atoms in total. The highest BCUT2D eigenvalue weighted by Gasteiger charge is 2.35. The topological polar surface area (TPSA) is 32.3 Å². The van der Waals surface area contributed by atoms with E-state index in [-0.39, 0.29) is 5.54 Å². The summed E-state index contributed by atoms with van der Waals surface area (Å²) in [5.41, 5.74) is 1.44. The van der Waals surface area contributed by atoms with Gasteiger partial charge in [-0.1, -0.05) is 30.3 Å². The van der Waals surface area contributed by atoms with Gasteiger partial charge in [0, 0.05) is 53.5 Å². The first-order valence-electron chi connectivity index (χ1n) is 7.25. The lowest BCUT2D eigenvalue weighted by atomic mass is 9.93. The zero-order valence-electron chi connectivity index (χ0n) is 12.9. The highest BCUT2D eigenvalue weighted by atomic mass is 32.2. The van der Waals surface area contributed by atoms with E-state index in [1.54, 1.807) is 6.26 Å². The number of hydrogen-bond acceptors (Lipinski definition) is 3. The number of nitrogens with zero attached hydrogens (tertiary/aromatic N) is 1. The number of rotatable bonds is 4. The third kappa shape index (κ3) is 3.90. The molecule has 1 aromatic rings. The van der Waals surface area contributed by atoms with Crippen LogP contribution in [-0.4, -0.2) is 45.8 Å². The molecule has 0 spiro atoms. The Labute approximate surface area is 125 Å². The van der Waals surface area contributed by atoms with E-state index in [9.17, 15) is 4.21 Å². The summed E-state index contributed by atoms with van der Waals surface area (Å²) in [6, 6.07) is 11.3. The number of benzene rings is 1. The Kier molecular flexibility index (Phi) is 4.99. The van der Waals surface area contributed by atoms with Crippen molar-refractivity contribution < 1.29 is 4.21 Å². The zero-order valence-corrected chi connectivity index (χ0v) is 13.7. The molecule has 0 aliphatic carbocycles. The van der Waals surface area contributed by atoms with E-state index in [0.29, 0.717) is 12.1 Å². The fraction of sp³-hybridized carbons (Fsp3) is 0.625. The van der Waals surface area contributed by atoms with Crippen molar-refractivity contribution in [2.45, 2.75) is 38.4 Å². The maximum atomic E-state index is 11.6. The SMILES string of the molecule is CC(CS(C)=O)N1CC(C)(C)NCC1c1ccccc1.